The highest BCUT2D eigenvalue weighted by molar-refractivity contribution is 5.49. The van der Waals surface area contributed by atoms with Crippen LogP contribution < -0.4 is 4.90 Å². The number of pyridine rings is 1. The van der Waals surface area contributed by atoms with E-state index in [1.807, 2.05) is 0 Å². The van der Waals surface area contributed by atoms with Gasteiger partial charge in [0.05, 0.1) is 0 Å². The third-order valence-corrected chi connectivity index (χ3v) is 3.64. The molecule has 0 atom stereocenters. The summed E-state index contributed by atoms with van der Waals surface area (Å²) in [6, 6.07) is 0. The monoisotopic (exact) mass is 274 g/mol. The molecular formula is C13H14F4N2. The summed E-state index contributed by atoms with van der Waals surface area (Å²) >= 11 is 0. The molecule has 2 aliphatic carbocycles. The molecule has 0 aromatic carbocycles. The van der Waals surface area contributed by atoms with Crippen LogP contribution >= 0.6 is 0 Å². The van der Waals surface area contributed by atoms with E-state index in [1.54, 1.807) is 0 Å². The Morgan fingerprint density at radius 1 is 0.842 bits per heavy atom. The predicted molar refractivity (Wildman–Crippen MR) is 61.7 cm³/mol. The zero-order valence-corrected chi connectivity index (χ0v) is 10.3. The van der Waals surface area contributed by atoms with Crippen LogP contribution in [0.2, 0.25) is 0 Å². The van der Waals surface area contributed by atoms with Gasteiger partial charge in [-0.1, -0.05) is 0 Å². The van der Waals surface area contributed by atoms with Crippen molar-refractivity contribution in [2.45, 2.75) is 25.7 Å². The number of hydrogen-bond acceptors (Lipinski definition) is 2. The second kappa shape index (κ2) is 4.65. The number of hydrogen-bond donors (Lipinski definition) is 0. The largest absolute Gasteiger partial charge is 0.366 e. The molecule has 0 N–H and O–H groups in total. The first-order valence-electron chi connectivity index (χ1n) is 6.51. The molecule has 19 heavy (non-hydrogen) atoms. The van der Waals surface area contributed by atoms with E-state index in [0.29, 0.717) is 24.9 Å². The van der Waals surface area contributed by atoms with Gasteiger partial charge in [0.25, 0.3) is 11.9 Å². The quantitative estimate of drug-likeness (QED) is 0.605. The van der Waals surface area contributed by atoms with Gasteiger partial charge in [0.1, 0.15) is 5.69 Å². The lowest BCUT2D eigenvalue weighted by molar-refractivity contribution is 0.404. The minimum Gasteiger partial charge on any atom is -0.366 e. The Balaban J connectivity index is 1.94. The predicted octanol–water partition coefficient (Wildman–Crippen LogP) is 3.26. The van der Waals surface area contributed by atoms with Crippen molar-refractivity contribution in [3.8, 4) is 0 Å². The maximum absolute atomic E-state index is 13.7. The van der Waals surface area contributed by atoms with E-state index in [4.69, 9.17) is 0 Å². The molecule has 2 fully saturated rings. The second-order valence-electron chi connectivity index (χ2n) is 5.46. The smallest absolute Gasteiger partial charge is 0.253 e. The summed E-state index contributed by atoms with van der Waals surface area (Å²) in [6.45, 7) is 0.903. The summed E-state index contributed by atoms with van der Waals surface area (Å²) in [5, 5.41) is 0. The summed E-state index contributed by atoms with van der Waals surface area (Å²) < 4.78 is 53.8. The standard InChI is InChI=1S/C13H14F4N2/c14-9-11(10(15)13(17)18-12(9)16)19(5-7-1-2-7)6-8-3-4-8/h7-8H,1-6H2. The average molecular weight is 274 g/mol. The van der Waals surface area contributed by atoms with Crippen molar-refractivity contribution in [1.82, 2.24) is 4.98 Å². The molecule has 2 nitrogen and oxygen atoms in total. The zero-order chi connectivity index (χ0) is 13.6. The van der Waals surface area contributed by atoms with Crippen molar-refractivity contribution >= 4 is 5.69 Å². The van der Waals surface area contributed by atoms with Crippen molar-refractivity contribution in [2.75, 3.05) is 18.0 Å². The van der Waals surface area contributed by atoms with E-state index in [-0.39, 0.29) is 0 Å². The number of rotatable bonds is 5. The maximum atomic E-state index is 13.7. The molecule has 1 heterocycles. The van der Waals surface area contributed by atoms with Crippen LogP contribution in [-0.4, -0.2) is 18.1 Å². The first kappa shape index (κ1) is 12.7. The topological polar surface area (TPSA) is 16.1 Å². The number of aromatic nitrogens is 1. The van der Waals surface area contributed by atoms with Gasteiger partial charge >= 0.3 is 0 Å². The Bertz CT molecular complexity index is 458. The van der Waals surface area contributed by atoms with Crippen LogP contribution in [0.4, 0.5) is 23.2 Å². The van der Waals surface area contributed by atoms with Gasteiger partial charge in [-0.15, -0.1) is 0 Å². The molecule has 0 unspecified atom stereocenters. The highest BCUT2D eigenvalue weighted by Crippen LogP contribution is 2.37. The third-order valence-electron chi connectivity index (χ3n) is 3.64. The lowest BCUT2D eigenvalue weighted by Gasteiger charge is -2.25. The molecule has 0 amide bonds. The molecule has 1 aromatic heterocycles. The fraction of sp³-hybridized carbons (Fsp3) is 0.615. The Hall–Kier alpha value is -1.33. The van der Waals surface area contributed by atoms with E-state index in [9.17, 15) is 17.6 Å². The molecule has 2 aliphatic rings. The van der Waals surface area contributed by atoms with Gasteiger partial charge in [-0.05, 0) is 37.5 Å². The van der Waals surface area contributed by atoms with Gasteiger partial charge < -0.3 is 4.90 Å². The van der Waals surface area contributed by atoms with Gasteiger partial charge in [0.15, 0.2) is 0 Å². The lowest BCUT2D eigenvalue weighted by atomic mass is 10.2. The van der Waals surface area contributed by atoms with Crippen LogP contribution in [0.25, 0.3) is 0 Å². The first-order chi connectivity index (χ1) is 9.06. The Kier molecular flexibility index (Phi) is 3.11. The normalized spacial score (nSPS) is 18.7. The van der Waals surface area contributed by atoms with Crippen molar-refractivity contribution in [1.29, 1.82) is 0 Å². The van der Waals surface area contributed by atoms with Crippen LogP contribution in [0, 0.1) is 35.4 Å². The van der Waals surface area contributed by atoms with Gasteiger partial charge in [-0.25, -0.2) is 0 Å². The Morgan fingerprint density at radius 2 is 1.26 bits per heavy atom. The highest BCUT2D eigenvalue weighted by Gasteiger charge is 2.33. The molecule has 0 bridgehead atoms. The van der Waals surface area contributed by atoms with Crippen molar-refractivity contribution in [2.24, 2.45) is 11.8 Å². The summed E-state index contributed by atoms with van der Waals surface area (Å²) in [7, 11) is 0. The van der Waals surface area contributed by atoms with Crippen molar-refractivity contribution in [3.63, 3.8) is 0 Å². The molecule has 2 saturated carbocycles. The number of halogens is 4. The molecule has 0 saturated heterocycles. The minimum atomic E-state index is -1.58. The fourth-order valence-electron chi connectivity index (χ4n) is 2.24. The van der Waals surface area contributed by atoms with Crippen LogP contribution in [0.15, 0.2) is 0 Å². The SMILES string of the molecule is Fc1nc(F)c(F)c(N(CC2CC2)CC2CC2)c1F. The summed E-state index contributed by atoms with van der Waals surface area (Å²) in [6.07, 6.45) is 4.00. The van der Waals surface area contributed by atoms with Gasteiger partial charge in [0.2, 0.25) is 11.6 Å². The molecule has 0 radical (unpaired) electrons. The number of anilines is 1. The second-order valence-corrected chi connectivity index (χ2v) is 5.46. The molecule has 6 heteroatoms. The van der Waals surface area contributed by atoms with Crippen LogP contribution in [0.3, 0.4) is 0 Å². The fourth-order valence-corrected chi connectivity index (χ4v) is 2.24. The minimum absolute atomic E-state index is 0.372. The van der Waals surface area contributed by atoms with Crippen molar-refractivity contribution < 1.29 is 17.6 Å². The molecular weight excluding hydrogens is 260 g/mol. The van der Waals surface area contributed by atoms with E-state index in [2.05, 4.69) is 4.98 Å². The molecule has 0 aliphatic heterocycles. The van der Waals surface area contributed by atoms with E-state index in [0.717, 1.165) is 25.7 Å². The molecule has 1 aromatic rings. The Labute approximate surface area is 108 Å². The van der Waals surface area contributed by atoms with E-state index in [1.165, 1.54) is 4.90 Å². The molecule has 104 valence electrons. The Morgan fingerprint density at radius 3 is 1.63 bits per heavy atom. The highest BCUT2D eigenvalue weighted by atomic mass is 19.2. The molecule has 0 spiro atoms. The summed E-state index contributed by atoms with van der Waals surface area (Å²) in [4.78, 5) is 4.05. The molecule has 3 rings (SSSR count). The van der Waals surface area contributed by atoms with Crippen LogP contribution in [0.5, 0.6) is 0 Å². The zero-order valence-electron chi connectivity index (χ0n) is 10.3. The summed E-state index contributed by atoms with van der Waals surface area (Å²) in [5.41, 5.74) is -0.594. The average Bonchev–Trinajstić information content (AvgIpc) is 3.22. The van der Waals surface area contributed by atoms with Crippen molar-refractivity contribution in [3.05, 3.63) is 23.5 Å². The maximum Gasteiger partial charge on any atom is 0.253 e. The van der Waals surface area contributed by atoms with Crippen LogP contribution in [0.1, 0.15) is 25.7 Å². The van der Waals surface area contributed by atoms with Gasteiger partial charge in [0, 0.05) is 13.1 Å². The number of nitrogens with zero attached hydrogens (tertiary/aromatic N) is 2. The lowest BCUT2D eigenvalue weighted by Crippen LogP contribution is -2.31. The van der Waals surface area contributed by atoms with Crippen LogP contribution in [-0.2, 0) is 0 Å². The summed E-state index contributed by atoms with van der Waals surface area (Å²) in [5.74, 6) is -5.19. The van der Waals surface area contributed by atoms with Gasteiger partial charge in [-0.3, -0.25) is 0 Å². The third kappa shape index (κ3) is 2.67. The van der Waals surface area contributed by atoms with E-state index >= 15 is 0 Å². The first-order valence-corrected chi connectivity index (χ1v) is 6.51. The van der Waals surface area contributed by atoms with E-state index < -0.39 is 29.2 Å². The van der Waals surface area contributed by atoms with Gasteiger partial charge in [-0.2, -0.15) is 22.5 Å².